The summed E-state index contributed by atoms with van der Waals surface area (Å²) >= 11 is 0. The Morgan fingerprint density at radius 2 is 2.35 bits per heavy atom. The number of hydrogen-bond donors (Lipinski definition) is 0. The summed E-state index contributed by atoms with van der Waals surface area (Å²) < 4.78 is 19.7. The van der Waals surface area contributed by atoms with Crippen LogP contribution in [0.5, 0.6) is 5.75 Å². The minimum atomic E-state index is -0.346. The van der Waals surface area contributed by atoms with E-state index in [-0.39, 0.29) is 11.6 Å². The summed E-state index contributed by atoms with van der Waals surface area (Å²) in [5, 5.41) is 12.5. The van der Waals surface area contributed by atoms with Crippen molar-refractivity contribution in [1.82, 2.24) is 14.8 Å². The van der Waals surface area contributed by atoms with Gasteiger partial charge in [-0.25, -0.2) is 14.1 Å². The largest absolute Gasteiger partial charge is 0.496 e. The lowest BCUT2D eigenvalue weighted by atomic mass is 10.2. The van der Waals surface area contributed by atoms with Crippen molar-refractivity contribution in [2.75, 3.05) is 7.11 Å². The van der Waals surface area contributed by atoms with Crippen molar-refractivity contribution in [3.8, 4) is 11.8 Å². The van der Waals surface area contributed by atoms with Crippen LogP contribution in [0.2, 0.25) is 0 Å². The maximum absolute atomic E-state index is 13.1. The maximum atomic E-state index is 13.1. The lowest BCUT2D eigenvalue weighted by molar-refractivity contribution is 0.406. The zero-order chi connectivity index (χ0) is 12.3. The molecule has 17 heavy (non-hydrogen) atoms. The number of benzene rings is 1. The number of methoxy groups -OCH3 is 1. The average Bonchev–Trinajstić information content (AvgIpc) is 2.77. The zero-order valence-corrected chi connectivity index (χ0v) is 9.09. The van der Waals surface area contributed by atoms with E-state index in [4.69, 9.17) is 10.00 Å². The fourth-order valence-corrected chi connectivity index (χ4v) is 1.47. The van der Waals surface area contributed by atoms with Gasteiger partial charge >= 0.3 is 0 Å². The second-order valence-corrected chi connectivity index (χ2v) is 3.33. The van der Waals surface area contributed by atoms with E-state index in [1.54, 1.807) is 6.07 Å². The Bertz CT molecular complexity index is 573. The van der Waals surface area contributed by atoms with E-state index < -0.39 is 0 Å². The molecule has 0 amide bonds. The number of halogens is 1. The van der Waals surface area contributed by atoms with Crippen LogP contribution < -0.4 is 4.74 Å². The molecule has 0 atom stereocenters. The lowest BCUT2D eigenvalue weighted by Gasteiger charge is -2.07. The van der Waals surface area contributed by atoms with E-state index >= 15 is 0 Å². The van der Waals surface area contributed by atoms with Gasteiger partial charge in [-0.3, -0.25) is 0 Å². The first kappa shape index (κ1) is 11.1. The molecule has 2 rings (SSSR count). The number of ether oxygens (including phenoxy) is 1. The van der Waals surface area contributed by atoms with Crippen molar-refractivity contribution in [1.29, 1.82) is 5.26 Å². The van der Waals surface area contributed by atoms with Crippen LogP contribution in [0.1, 0.15) is 11.4 Å². The van der Waals surface area contributed by atoms with Crippen LogP contribution in [0, 0.1) is 17.1 Å². The van der Waals surface area contributed by atoms with Crippen LogP contribution in [0.15, 0.2) is 24.5 Å². The van der Waals surface area contributed by atoms with Gasteiger partial charge in [-0.05, 0) is 18.2 Å². The molecule has 86 valence electrons. The Hall–Kier alpha value is -2.42. The van der Waals surface area contributed by atoms with E-state index in [2.05, 4.69) is 10.1 Å². The highest BCUT2D eigenvalue weighted by molar-refractivity contribution is 5.34. The number of rotatable bonds is 3. The third kappa shape index (κ3) is 2.39. The molecule has 0 aliphatic carbocycles. The summed E-state index contributed by atoms with van der Waals surface area (Å²) in [6, 6.07) is 6.06. The molecule has 0 aliphatic rings. The molecule has 6 heteroatoms. The Labute approximate surface area is 97.1 Å². The number of hydrogen-bond acceptors (Lipinski definition) is 4. The molecule has 1 heterocycles. The monoisotopic (exact) mass is 232 g/mol. The van der Waals surface area contributed by atoms with Crippen molar-refractivity contribution in [2.45, 2.75) is 6.54 Å². The molecule has 1 aromatic carbocycles. The van der Waals surface area contributed by atoms with E-state index in [0.29, 0.717) is 17.9 Å². The molecular weight excluding hydrogens is 223 g/mol. The molecule has 0 saturated carbocycles. The number of nitrogens with zero attached hydrogens (tertiary/aromatic N) is 4. The second kappa shape index (κ2) is 4.61. The molecule has 0 N–H and O–H groups in total. The zero-order valence-electron chi connectivity index (χ0n) is 9.09. The SMILES string of the molecule is COc1ccc(F)cc1Cn1cnc(C#N)n1. The molecule has 0 bridgehead atoms. The first-order valence-corrected chi connectivity index (χ1v) is 4.85. The van der Waals surface area contributed by atoms with Crippen LogP contribution in [0.25, 0.3) is 0 Å². The minimum absolute atomic E-state index is 0.0837. The molecule has 0 aliphatic heterocycles. The Morgan fingerprint density at radius 1 is 1.53 bits per heavy atom. The summed E-state index contributed by atoms with van der Waals surface area (Å²) in [7, 11) is 1.51. The van der Waals surface area contributed by atoms with Crippen molar-refractivity contribution in [3.05, 3.63) is 41.7 Å². The van der Waals surface area contributed by atoms with Gasteiger partial charge in [0.25, 0.3) is 5.82 Å². The summed E-state index contributed by atoms with van der Waals surface area (Å²) in [5.41, 5.74) is 0.641. The van der Waals surface area contributed by atoms with E-state index in [1.807, 2.05) is 6.07 Å². The first-order valence-electron chi connectivity index (χ1n) is 4.85. The van der Waals surface area contributed by atoms with Crippen LogP contribution >= 0.6 is 0 Å². The van der Waals surface area contributed by atoms with E-state index in [1.165, 1.54) is 30.3 Å². The van der Waals surface area contributed by atoms with Gasteiger partial charge in [0.2, 0.25) is 0 Å². The maximum Gasteiger partial charge on any atom is 0.252 e. The Kier molecular flexibility index (Phi) is 3.01. The summed E-state index contributed by atoms with van der Waals surface area (Å²) in [6.45, 7) is 0.301. The van der Waals surface area contributed by atoms with Crippen LogP contribution in [0.3, 0.4) is 0 Å². The van der Waals surface area contributed by atoms with Crippen molar-refractivity contribution < 1.29 is 9.13 Å². The highest BCUT2D eigenvalue weighted by Gasteiger charge is 2.07. The summed E-state index contributed by atoms with van der Waals surface area (Å²) in [4.78, 5) is 3.76. The summed E-state index contributed by atoms with van der Waals surface area (Å²) in [6.07, 6.45) is 1.42. The normalized spacial score (nSPS) is 9.94. The predicted molar refractivity (Wildman–Crippen MR) is 56.8 cm³/mol. The van der Waals surface area contributed by atoms with E-state index in [0.717, 1.165) is 0 Å². The third-order valence-electron chi connectivity index (χ3n) is 2.21. The molecule has 0 unspecified atom stereocenters. The van der Waals surface area contributed by atoms with Gasteiger partial charge in [0.05, 0.1) is 13.7 Å². The lowest BCUT2D eigenvalue weighted by Crippen LogP contribution is -2.03. The number of nitriles is 1. The molecule has 2 aromatic rings. The fraction of sp³-hybridized carbons (Fsp3) is 0.182. The van der Waals surface area contributed by atoms with Crippen LogP contribution in [-0.2, 0) is 6.54 Å². The highest BCUT2D eigenvalue weighted by Crippen LogP contribution is 2.19. The average molecular weight is 232 g/mol. The third-order valence-corrected chi connectivity index (χ3v) is 2.21. The molecule has 5 nitrogen and oxygen atoms in total. The van der Waals surface area contributed by atoms with Gasteiger partial charge in [0, 0.05) is 5.56 Å². The van der Waals surface area contributed by atoms with Gasteiger partial charge in [-0.2, -0.15) is 5.26 Å². The van der Waals surface area contributed by atoms with Gasteiger partial charge < -0.3 is 4.74 Å². The van der Waals surface area contributed by atoms with Crippen LogP contribution in [0.4, 0.5) is 4.39 Å². The van der Waals surface area contributed by atoms with Gasteiger partial charge in [0.15, 0.2) is 0 Å². The first-order chi connectivity index (χ1) is 8.22. The summed E-state index contributed by atoms with van der Waals surface area (Å²) in [5.74, 6) is 0.308. The van der Waals surface area contributed by atoms with Crippen molar-refractivity contribution in [2.24, 2.45) is 0 Å². The molecule has 0 radical (unpaired) electrons. The minimum Gasteiger partial charge on any atom is -0.496 e. The Balaban J connectivity index is 2.29. The highest BCUT2D eigenvalue weighted by atomic mass is 19.1. The Morgan fingerprint density at radius 3 is 3.00 bits per heavy atom. The second-order valence-electron chi connectivity index (χ2n) is 3.33. The molecule has 0 saturated heterocycles. The quantitative estimate of drug-likeness (QED) is 0.801. The topological polar surface area (TPSA) is 63.7 Å². The number of aromatic nitrogens is 3. The van der Waals surface area contributed by atoms with Crippen molar-refractivity contribution >= 4 is 0 Å². The van der Waals surface area contributed by atoms with Gasteiger partial charge in [-0.1, -0.05) is 0 Å². The molecule has 0 fully saturated rings. The van der Waals surface area contributed by atoms with Crippen LogP contribution in [-0.4, -0.2) is 21.9 Å². The molecule has 1 aromatic heterocycles. The fourth-order valence-electron chi connectivity index (χ4n) is 1.47. The molecule has 0 spiro atoms. The van der Waals surface area contributed by atoms with Crippen molar-refractivity contribution in [3.63, 3.8) is 0 Å². The predicted octanol–water partition coefficient (Wildman–Crippen LogP) is 1.35. The van der Waals surface area contributed by atoms with E-state index in [9.17, 15) is 4.39 Å². The smallest absolute Gasteiger partial charge is 0.252 e. The molecular formula is C11H9FN4O. The standard InChI is InChI=1S/C11H9FN4O/c1-17-10-3-2-9(12)4-8(10)6-16-7-14-11(5-13)15-16/h2-4,7H,6H2,1H3. The van der Waals surface area contributed by atoms with Gasteiger partial charge in [0.1, 0.15) is 24.0 Å². The van der Waals surface area contributed by atoms with Gasteiger partial charge in [-0.15, -0.1) is 5.10 Å².